The maximum atomic E-state index is 4.54. The van der Waals surface area contributed by atoms with Gasteiger partial charge in [-0.15, -0.1) is 0 Å². The highest BCUT2D eigenvalue weighted by atomic mass is 15.1. The smallest absolute Gasteiger partial charge is 0.201 e. The molecule has 0 bridgehead atoms. The number of hydrogen-bond acceptors (Lipinski definition) is 2. The number of hydrogen-bond donors (Lipinski definition) is 2. The van der Waals surface area contributed by atoms with Crippen molar-refractivity contribution in [2.45, 2.75) is 25.8 Å². The molecule has 20 heavy (non-hydrogen) atoms. The fourth-order valence-corrected chi connectivity index (χ4v) is 2.45. The van der Waals surface area contributed by atoms with Crippen LogP contribution in [0.5, 0.6) is 0 Å². The van der Waals surface area contributed by atoms with Crippen LogP contribution in [0.3, 0.4) is 0 Å². The van der Waals surface area contributed by atoms with Gasteiger partial charge in [-0.3, -0.25) is 0 Å². The lowest BCUT2D eigenvalue weighted by Gasteiger charge is -2.13. The Hall–Kier alpha value is -2.23. The largest absolute Gasteiger partial charge is 0.354 e. The second-order valence-electron chi connectivity index (χ2n) is 5.30. The Bertz CT molecular complexity index is 662. The minimum Gasteiger partial charge on any atom is -0.354 e. The molecule has 1 atom stereocenters. The predicted octanol–water partition coefficient (Wildman–Crippen LogP) is 3.33. The van der Waals surface area contributed by atoms with Gasteiger partial charge in [0.15, 0.2) is 0 Å². The van der Waals surface area contributed by atoms with Crippen LogP contribution in [0.4, 0.5) is 5.95 Å². The van der Waals surface area contributed by atoms with Crippen LogP contribution in [-0.2, 0) is 13.5 Å². The van der Waals surface area contributed by atoms with Crippen LogP contribution in [0.2, 0.25) is 0 Å². The molecule has 2 N–H and O–H groups in total. The highest BCUT2D eigenvalue weighted by molar-refractivity contribution is 5.77. The number of nitrogens with one attached hydrogen (secondary N) is 2. The number of imidazole rings is 1. The zero-order valence-electron chi connectivity index (χ0n) is 11.9. The molecule has 0 aliphatic carbocycles. The maximum absolute atomic E-state index is 4.54. The molecule has 0 saturated carbocycles. The molecule has 0 spiro atoms. The molecule has 4 nitrogen and oxygen atoms in total. The lowest BCUT2D eigenvalue weighted by Crippen LogP contribution is -2.17. The van der Waals surface area contributed by atoms with Gasteiger partial charge in [0.25, 0.3) is 0 Å². The van der Waals surface area contributed by atoms with Crippen molar-refractivity contribution in [1.29, 1.82) is 0 Å². The summed E-state index contributed by atoms with van der Waals surface area (Å²) in [6.07, 6.45) is 4.24. The predicted molar refractivity (Wildman–Crippen MR) is 82.9 cm³/mol. The first-order valence-electron chi connectivity index (χ1n) is 7.04. The van der Waals surface area contributed by atoms with E-state index in [1.54, 1.807) is 0 Å². The molecule has 1 aromatic carbocycles. The van der Waals surface area contributed by atoms with Gasteiger partial charge >= 0.3 is 0 Å². The molecule has 3 aromatic rings. The summed E-state index contributed by atoms with van der Waals surface area (Å²) in [6, 6.07) is 12.7. The number of benzene rings is 1. The number of anilines is 1. The highest BCUT2D eigenvalue weighted by Gasteiger charge is 2.07. The van der Waals surface area contributed by atoms with Gasteiger partial charge in [0.1, 0.15) is 0 Å². The summed E-state index contributed by atoms with van der Waals surface area (Å²) in [5.41, 5.74) is 3.44. The first-order chi connectivity index (χ1) is 9.72. The third kappa shape index (κ3) is 2.69. The average molecular weight is 268 g/mol. The molecule has 0 aliphatic rings. The number of aromatic amines is 1. The summed E-state index contributed by atoms with van der Waals surface area (Å²) in [7, 11) is 2.09. The Balaban J connectivity index is 1.61. The van der Waals surface area contributed by atoms with E-state index in [2.05, 4.69) is 52.2 Å². The van der Waals surface area contributed by atoms with Crippen LogP contribution >= 0.6 is 0 Å². The van der Waals surface area contributed by atoms with Crippen LogP contribution in [0.25, 0.3) is 11.0 Å². The van der Waals surface area contributed by atoms with E-state index in [4.69, 9.17) is 0 Å². The van der Waals surface area contributed by atoms with E-state index in [0.717, 1.165) is 29.8 Å². The van der Waals surface area contributed by atoms with E-state index in [1.165, 1.54) is 5.69 Å². The van der Waals surface area contributed by atoms with Gasteiger partial charge in [0, 0.05) is 25.0 Å². The van der Waals surface area contributed by atoms with Gasteiger partial charge in [-0.05, 0) is 44.0 Å². The second-order valence-corrected chi connectivity index (χ2v) is 5.30. The van der Waals surface area contributed by atoms with Crippen LogP contribution in [0.1, 0.15) is 19.0 Å². The standard InChI is InChI=1S/C16H20N4/c1-12(9-10-13-6-5-11-20(13)2)17-16-18-14-7-3-4-8-15(14)19-16/h3-8,11-12H,9-10H2,1-2H3,(H2,17,18,19). The summed E-state index contributed by atoms with van der Waals surface area (Å²) in [6.45, 7) is 2.19. The summed E-state index contributed by atoms with van der Waals surface area (Å²) < 4.78 is 2.17. The van der Waals surface area contributed by atoms with E-state index in [1.807, 2.05) is 24.3 Å². The first kappa shape index (κ1) is 12.8. The third-order valence-electron chi connectivity index (χ3n) is 3.66. The second kappa shape index (κ2) is 5.41. The Morgan fingerprint density at radius 1 is 1.25 bits per heavy atom. The van der Waals surface area contributed by atoms with E-state index >= 15 is 0 Å². The fraction of sp³-hybridized carbons (Fsp3) is 0.312. The van der Waals surface area contributed by atoms with Gasteiger partial charge in [0.2, 0.25) is 5.95 Å². The zero-order chi connectivity index (χ0) is 13.9. The van der Waals surface area contributed by atoms with Crippen molar-refractivity contribution in [1.82, 2.24) is 14.5 Å². The van der Waals surface area contributed by atoms with Crippen molar-refractivity contribution in [3.8, 4) is 0 Å². The topological polar surface area (TPSA) is 45.6 Å². The molecule has 2 heterocycles. The minimum atomic E-state index is 0.380. The zero-order valence-corrected chi connectivity index (χ0v) is 11.9. The van der Waals surface area contributed by atoms with Crippen molar-refractivity contribution in [2.75, 3.05) is 5.32 Å². The normalized spacial score (nSPS) is 12.7. The van der Waals surface area contributed by atoms with Crippen molar-refractivity contribution in [3.05, 3.63) is 48.3 Å². The van der Waals surface area contributed by atoms with E-state index in [0.29, 0.717) is 6.04 Å². The molecule has 2 aromatic heterocycles. The van der Waals surface area contributed by atoms with Crippen LogP contribution in [0.15, 0.2) is 42.6 Å². The lowest BCUT2D eigenvalue weighted by atomic mass is 10.1. The van der Waals surface area contributed by atoms with Crippen molar-refractivity contribution in [3.63, 3.8) is 0 Å². The Morgan fingerprint density at radius 3 is 2.85 bits per heavy atom. The van der Waals surface area contributed by atoms with Crippen LogP contribution in [-0.4, -0.2) is 20.6 Å². The quantitative estimate of drug-likeness (QED) is 0.745. The molecule has 1 unspecified atom stereocenters. The number of aryl methyl sites for hydroxylation is 2. The molecule has 0 saturated heterocycles. The molecule has 0 amide bonds. The van der Waals surface area contributed by atoms with E-state index in [-0.39, 0.29) is 0 Å². The van der Waals surface area contributed by atoms with Crippen LogP contribution < -0.4 is 5.32 Å². The molecular formula is C16H20N4. The summed E-state index contributed by atoms with van der Waals surface area (Å²) in [4.78, 5) is 7.85. The summed E-state index contributed by atoms with van der Waals surface area (Å²) in [5.74, 6) is 0.852. The average Bonchev–Trinajstić information content (AvgIpc) is 3.01. The number of aromatic nitrogens is 3. The molecule has 0 aliphatic heterocycles. The van der Waals surface area contributed by atoms with Gasteiger partial charge < -0.3 is 14.9 Å². The van der Waals surface area contributed by atoms with Crippen molar-refractivity contribution >= 4 is 17.0 Å². The number of nitrogens with zero attached hydrogens (tertiary/aromatic N) is 2. The maximum Gasteiger partial charge on any atom is 0.201 e. The van der Waals surface area contributed by atoms with Crippen LogP contribution in [0, 0.1) is 0 Å². The van der Waals surface area contributed by atoms with Gasteiger partial charge in [-0.2, -0.15) is 0 Å². The number of rotatable bonds is 5. The number of H-pyrrole nitrogens is 1. The third-order valence-corrected chi connectivity index (χ3v) is 3.66. The van der Waals surface area contributed by atoms with Gasteiger partial charge in [-0.1, -0.05) is 12.1 Å². The summed E-state index contributed by atoms with van der Waals surface area (Å²) in [5, 5.41) is 3.44. The van der Waals surface area contributed by atoms with E-state index < -0.39 is 0 Å². The number of fused-ring (bicyclic) bond motifs is 1. The Kier molecular flexibility index (Phi) is 3.46. The van der Waals surface area contributed by atoms with Gasteiger partial charge in [-0.25, -0.2) is 4.98 Å². The molecule has 104 valence electrons. The fourth-order valence-electron chi connectivity index (χ4n) is 2.45. The van der Waals surface area contributed by atoms with Crippen molar-refractivity contribution < 1.29 is 0 Å². The molecule has 0 radical (unpaired) electrons. The van der Waals surface area contributed by atoms with Crippen molar-refractivity contribution in [2.24, 2.45) is 7.05 Å². The SMILES string of the molecule is CC(CCc1cccn1C)Nc1nc2ccccc2[nH]1. The van der Waals surface area contributed by atoms with E-state index in [9.17, 15) is 0 Å². The first-order valence-corrected chi connectivity index (χ1v) is 7.04. The summed E-state index contributed by atoms with van der Waals surface area (Å²) >= 11 is 0. The molecular weight excluding hydrogens is 248 g/mol. The molecule has 0 fully saturated rings. The Labute approximate surface area is 118 Å². The molecule has 4 heteroatoms. The number of para-hydroxylation sites is 2. The minimum absolute atomic E-state index is 0.380. The van der Waals surface area contributed by atoms with Gasteiger partial charge in [0.05, 0.1) is 11.0 Å². The highest BCUT2D eigenvalue weighted by Crippen LogP contribution is 2.15. The lowest BCUT2D eigenvalue weighted by molar-refractivity contribution is 0.672. The monoisotopic (exact) mass is 268 g/mol. The Morgan fingerprint density at radius 2 is 2.10 bits per heavy atom. The molecule has 3 rings (SSSR count).